The van der Waals surface area contributed by atoms with Crippen LogP contribution in [0.5, 0.6) is 5.75 Å². The van der Waals surface area contributed by atoms with Crippen molar-refractivity contribution in [3.63, 3.8) is 0 Å². The zero-order chi connectivity index (χ0) is 14.3. The highest BCUT2D eigenvalue weighted by Crippen LogP contribution is 2.13. The van der Waals surface area contributed by atoms with Crippen LogP contribution in [0, 0.1) is 0 Å². The average molecular weight is 266 g/mol. The third-order valence-electron chi connectivity index (χ3n) is 2.63. The molecule has 1 aromatic carbocycles. The molecule has 0 fully saturated rings. The summed E-state index contributed by atoms with van der Waals surface area (Å²) in [5.41, 5.74) is 1.38. The van der Waals surface area contributed by atoms with Gasteiger partial charge in [-0.2, -0.15) is 0 Å². The summed E-state index contributed by atoms with van der Waals surface area (Å²) in [5.74, 6) is 0.679. The smallest absolute Gasteiger partial charge is 0.119 e. The Morgan fingerprint density at radius 3 is 2.47 bits per heavy atom. The van der Waals surface area contributed by atoms with Crippen LogP contribution in [0.25, 0.3) is 0 Å². The van der Waals surface area contributed by atoms with Gasteiger partial charge in [-0.3, -0.25) is 0 Å². The van der Waals surface area contributed by atoms with E-state index in [0.29, 0.717) is 24.0 Å². The Hall–Kier alpha value is -1.59. The van der Waals surface area contributed by atoms with E-state index in [9.17, 15) is 5.11 Å². The van der Waals surface area contributed by atoms with Crippen LogP contribution in [0.4, 0.5) is 0 Å². The Morgan fingerprint density at radius 1 is 1.32 bits per heavy atom. The first kappa shape index (κ1) is 15.5. The SMILES string of the molecule is C/C(=N\O)c1ccc(OCC(O)CNC(C)C)cc1. The number of benzene rings is 1. The Labute approximate surface area is 113 Å². The molecule has 5 nitrogen and oxygen atoms in total. The fourth-order valence-corrected chi connectivity index (χ4v) is 1.47. The van der Waals surface area contributed by atoms with Gasteiger partial charge in [-0.1, -0.05) is 19.0 Å². The number of aliphatic hydroxyl groups is 1. The van der Waals surface area contributed by atoms with Gasteiger partial charge in [0.1, 0.15) is 18.5 Å². The second-order valence-corrected chi connectivity index (χ2v) is 4.74. The molecule has 3 N–H and O–H groups in total. The van der Waals surface area contributed by atoms with E-state index >= 15 is 0 Å². The molecule has 0 saturated heterocycles. The third-order valence-corrected chi connectivity index (χ3v) is 2.63. The minimum Gasteiger partial charge on any atom is -0.491 e. The summed E-state index contributed by atoms with van der Waals surface area (Å²) in [6.07, 6.45) is -0.539. The van der Waals surface area contributed by atoms with Gasteiger partial charge in [0.2, 0.25) is 0 Å². The molecule has 0 bridgehead atoms. The number of aliphatic hydroxyl groups excluding tert-OH is 1. The Kier molecular flexibility index (Phi) is 6.32. The Bertz CT molecular complexity index is 402. The molecule has 0 saturated carbocycles. The van der Waals surface area contributed by atoms with E-state index in [1.54, 1.807) is 19.1 Å². The molecule has 0 amide bonds. The number of nitrogens with zero attached hydrogens (tertiary/aromatic N) is 1. The number of rotatable bonds is 7. The van der Waals surface area contributed by atoms with E-state index < -0.39 is 6.10 Å². The van der Waals surface area contributed by atoms with Gasteiger partial charge in [-0.15, -0.1) is 0 Å². The monoisotopic (exact) mass is 266 g/mol. The van der Waals surface area contributed by atoms with Crippen LogP contribution in [0.1, 0.15) is 26.3 Å². The highest BCUT2D eigenvalue weighted by Gasteiger charge is 2.06. The lowest BCUT2D eigenvalue weighted by atomic mass is 10.1. The molecule has 1 rings (SSSR count). The predicted molar refractivity (Wildman–Crippen MR) is 75.1 cm³/mol. The summed E-state index contributed by atoms with van der Waals surface area (Å²) < 4.78 is 5.48. The van der Waals surface area contributed by atoms with Crippen LogP contribution in [-0.4, -0.2) is 41.3 Å². The van der Waals surface area contributed by atoms with E-state index in [4.69, 9.17) is 9.94 Å². The van der Waals surface area contributed by atoms with E-state index in [1.165, 1.54) is 0 Å². The molecule has 1 aromatic rings. The van der Waals surface area contributed by atoms with Crippen LogP contribution in [-0.2, 0) is 0 Å². The standard InChI is InChI=1S/C14H22N2O3/c1-10(2)15-8-13(17)9-19-14-6-4-12(5-7-14)11(3)16-18/h4-7,10,13,15,17-18H,8-9H2,1-3H3/b16-11+. The minimum absolute atomic E-state index is 0.242. The largest absolute Gasteiger partial charge is 0.491 e. The molecule has 0 heterocycles. The maximum atomic E-state index is 9.70. The fourth-order valence-electron chi connectivity index (χ4n) is 1.47. The highest BCUT2D eigenvalue weighted by atomic mass is 16.5. The number of oxime groups is 1. The summed E-state index contributed by atoms with van der Waals surface area (Å²) in [4.78, 5) is 0. The normalized spacial score (nSPS) is 13.6. The summed E-state index contributed by atoms with van der Waals surface area (Å²) in [6, 6.07) is 7.53. The van der Waals surface area contributed by atoms with Crippen LogP contribution in [0.2, 0.25) is 0 Å². The van der Waals surface area contributed by atoms with Crippen molar-refractivity contribution in [3.05, 3.63) is 29.8 Å². The van der Waals surface area contributed by atoms with Crippen molar-refractivity contribution in [1.82, 2.24) is 5.32 Å². The lowest BCUT2D eigenvalue weighted by molar-refractivity contribution is 0.104. The van der Waals surface area contributed by atoms with Gasteiger partial charge in [0, 0.05) is 12.6 Å². The Balaban J connectivity index is 2.41. The lowest BCUT2D eigenvalue weighted by Crippen LogP contribution is -2.35. The van der Waals surface area contributed by atoms with Gasteiger partial charge >= 0.3 is 0 Å². The van der Waals surface area contributed by atoms with Crippen LogP contribution < -0.4 is 10.1 Å². The number of hydrogen-bond acceptors (Lipinski definition) is 5. The van der Waals surface area contributed by atoms with Crippen molar-refractivity contribution in [3.8, 4) is 5.75 Å². The predicted octanol–water partition coefficient (Wildman–Crippen LogP) is 1.62. The minimum atomic E-state index is -0.539. The van der Waals surface area contributed by atoms with Gasteiger partial charge < -0.3 is 20.4 Å². The lowest BCUT2D eigenvalue weighted by Gasteiger charge is -2.15. The number of nitrogens with one attached hydrogen (secondary N) is 1. The summed E-state index contributed by atoms with van der Waals surface area (Å²) >= 11 is 0. The zero-order valence-electron chi connectivity index (χ0n) is 11.6. The Morgan fingerprint density at radius 2 is 1.95 bits per heavy atom. The first-order valence-corrected chi connectivity index (χ1v) is 6.36. The van der Waals surface area contributed by atoms with Crippen LogP contribution in [0.3, 0.4) is 0 Å². The van der Waals surface area contributed by atoms with E-state index in [-0.39, 0.29) is 6.61 Å². The molecule has 0 aliphatic rings. The van der Waals surface area contributed by atoms with Crippen molar-refractivity contribution >= 4 is 5.71 Å². The van der Waals surface area contributed by atoms with Gasteiger partial charge in [-0.05, 0) is 36.8 Å². The molecule has 19 heavy (non-hydrogen) atoms. The van der Waals surface area contributed by atoms with E-state index in [1.807, 2.05) is 26.0 Å². The van der Waals surface area contributed by atoms with Gasteiger partial charge in [-0.25, -0.2) is 0 Å². The molecule has 0 radical (unpaired) electrons. The molecule has 0 aromatic heterocycles. The molecule has 0 aliphatic heterocycles. The molecular weight excluding hydrogens is 244 g/mol. The molecule has 0 aliphatic carbocycles. The second kappa shape index (κ2) is 7.76. The molecule has 1 unspecified atom stereocenters. The number of ether oxygens (including phenoxy) is 1. The van der Waals surface area contributed by atoms with Crippen molar-refractivity contribution in [2.75, 3.05) is 13.2 Å². The molecule has 106 valence electrons. The van der Waals surface area contributed by atoms with Gasteiger partial charge in [0.15, 0.2) is 0 Å². The van der Waals surface area contributed by atoms with Crippen LogP contribution >= 0.6 is 0 Å². The second-order valence-electron chi connectivity index (χ2n) is 4.74. The fraction of sp³-hybridized carbons (Fsp3) is 0.500. The maximum absolute atomic E-state index is 9.70. The maximum Gasteiger partial charge on any atom is 0.119 e. The van der Waals surface area contributed by atoms with Gasteiger partial charge in [0.05, 0.1) is 5.71 Å². The van der Waals surface area contributed by atoms with Crippen molar-refractivity contribution in [2.45, 2.75) is 32.9 Å². The third kappa shape index (κ3) is 5.72. The topological polar surface area (TPSA) is 74.1 Å². The first-order valence-electron chi connectivity index (χ1n) is 6.36. The summed E-state index contributed by atoms with van der Waals surface area (Å²) in [7, 11) is 0. The van der Waals surface area contributed by atoms with Crippen molar-refractivity contribution in [2.24, 2.45) is 5.16 Å². The molecule has 0 spiro atoms. The quantitative estimate of drug-likeness (QED) is 0.398. The van der Waals surface area contributed by atoms with Crippen LogP contribution in [0.15, 0.2) is 29.4 Å². The highest BCUT2D eigenvalue weighted by molar-refractivity contribution is 5.98. The summed E-state index contributed by atoms with van der Waals surface area (Å²) in [5, 5.41) is 24.6. The van der Waals surface area contributed by atoms with E-state index in [0.717, 1.165) is 5.56 Å². The number of hydrogen-bond donors (Lipinski definition) is 3. The first-order chi connectivity index (χ1) is 9.02. The van der Waals surface area contributed by atoms with Crippen molar-refractivity contribution in [1.29, 1.82) is 0 Å². The van der Waals surface area contributed by atoms with Gasteiger partial charge in [0.25, 0.3) is 0 Å². The zero-order valence-corrected chi connectivity index (χ0v) is 11.6. The summed E-state index contributed by atoms with van der Waals surface area (Å²) in [6.45, 7) is 6.52. The molecule has 1 atom stereocenters. The molecular formula is C14H22N2O3. The van der Waals surface area contributed by atoms with Crippen molar-refractivity contribution < 1.29 is 15.1 Å². The van der Waals surface area contributed by atoms with E-state index in [2.05, 4.69) is 10.5 Å². The molecule has 5 heteroatoms. The average Bonchev–Trinajstić information content (AvgIpc) is 2.42.